The molecule has 1 aliphatic carbocycles. The van der Waals surface area contributed by atoms with Crippen molar-refractivity contribution >= 4 is 15.8 Å². The molecule has 0 aromatic heterocycles. The standard InChI is InChI=1S/C22H27NO4S/c1-4-16-8-10-17(11-9-16)19-20(22(19,14-23)21(24)27-5-2)28(25,26)18-12-6-15(3)7-13-18/h6-13,19-20H,4-5,14,23H2,1-3H3/t19-,20+,22-/m1/s1. The average Bonchev–Trinajstić information content (AvgIpc) is 3.40. The fraction of sp³-hybridized carbons (Fsp3) is 0.409. The Morgan fingerprint density at radius 3 is 2.18 bits per heavy atom. The molecule has 1 aliphatic rings. The Kier molecular flexibility index (Phi) is 5.64. The van der Waals surface area contributed by atoms with E-state index >= 15 is 0 Å². The van der Waals surface area contributed by atoms with Crippen LogP contribution in [0.25, 0.3) is 0 Å². The lowest BCUT2D eigenvalue weighted by atomic mass is 9.98. The average molecular weight is 402 g/mol. The zero-order valence-electron chi connectivity index (χ0n) is 16.5. The van der Waals surface area contributed by atoms with Crippen molar-refractivity contribution in [1.82, 2.24) is 0 Å². The molecule has 3 atom stereocenters. The fourth-order valence-corrected chi connectivity index (χ4v) is 6.38. The number of benzene rings is 2. The van der Waals surface area contributed by atoms with Crippen molar-refractivity contribution in [3.05, 3.63) is 65.2 Å². The molecule has 6 heteroatoms. The van der Waals surface area contributed by atoms with Crippen molar-refractivity contribution in [3.8, 4) is 0 Å². The Balaban J connectivity index is 2.09. The maximum atomic E-state index is 13.4. The van der Waals surface area contributed by atoms with Gasteiger partial charge in [0, 0.05) is 12.5 Å². The third-order valence-electron chi connectivity index (χ3n) is 5.68. The van der Waals surface area contributed by atoms with Gasteiger partial charge in [-0.05, 0) is 43.5 Å². The minimum absolute atomic E-state index is 0.0816. The van der Waals surface area contributed by atoms with Crippen molar-refractivity contribution in [2.75, 3.05) is 13.2 Å². The molecule has 0 amide bonds. The Hall–Kier alpha value is -2.18. The van der Waals surface area contributed by atoms with E-state index in [0.717, 1.165) is 23.1 Å². The predicted molar refractivity (Wildman–Crippen MR) is 109 cm³/mol. The highest BCUT2D eigenvalue weighted by atomic mass is 32.2. The summed E-state index contributed by atoms with van der Waals surface area (Å²) in [6, 6.07) is 14.4. The van der Waals surface area contributed by atoms with Crippen LogP contribution in [0, 0.1) is 12.3 Å². The van der Waals surface area contributed by atoms with Gasteiger partial charge in [0.15, 0.2) is 9.84 Å². The lowest BCUT2D eigenvalue weighted by Gasteiger charge is -2.14. The summed E-state index contributed by atoms with van der Waals surface area (Å²) in [5.41, 5.74) is 7.67. The normalized spacial score (nSPS) is 24.0. The number of esters is 1. The number of hydrogen-bond acceptors (Lipinski definition) is 5. The largest absolute Gasteiger partial charge is 0.465 e. The van der Waals surface area contributed by atoms with Crippen LogP contribution in [-0.4, -0.2) is 32.8 Å². The van der Waals surface area contributed by atoms with Crippen LogP contribution in [0.1, 0.15) is 36.5 Å². The Morgan fingerprint density at radius 2 is 1.68 bits per heavy atom. The van der Waals surface area contributed by atoms with Gasteiger partial charge < -0.3 is 10.5 Å². The van der Waals surface area contributed by atoms with Gasteiger partial charge in [0.25, 0.3) is 0 Å². The van der Waals surface area contributed by atoms with Gasteiger partial charge in [0.2, 0.25) is 0 Å². The van der Waals surface area contributed by atoms with Crippen molar-refractivity contribution < 1.29 is 17.9 Å². The number of sulfone groups is 1. The highest BCUT2D eigenvalue weighted by Crippen LogP contribution is 2.64. The quantitative estimate of drug-likeness (QED) is 0.721. The number of carbonyl (C=O) groups excluding carboxylic acids is 1. The molecule has 5 nitrogen and oxygen atoms in total. The van der Waals surface area contributed by atoms with E-state index in [0.29, 0.717) is 0 Å². The molecule has 2 aromatic rings. The summed E-state index contributed by atoms with van der Waals surface area (Å²) < 4.78 is 32.1. The Bertz CT molecular complexity index is 951. The molecule has 0 bridgehead atoms. The Labute approximate surface area is 166 Å². The van der Waals surface area contributed by atoms with Gasteiger partial charge >= 0.3 is 5.97 Å². The highest BCUT2D eigenvalue weighted by molar-refractivity contribution is 7.92. The topological polar surface area (TPSA) is 86.5 Å². The molecular formula is C22H27NO4S. The fourth-order valence-electron chi connectivity index (χ4n) is 4.00. The van der Waals surface area contributed by atoms with Crippen molar-refractivity contribution in [3.63, 3.8) is 0 Å². The third-order valence-corrected chi connectivity index (χ3v) is 7.97. The van der Waals surface area contributed by atoms with Crippen LogP contribution in [0.2, 0.25) is 0 Å². The number of carbonyl (C=O) groups is 1. The number of rotatable bonds is 7. The smallest absolute Gasteiger partial charge is 0.315 e. The van der Waals surface area contributed by atoms with Crippen molar-refractivity contribution in [2.45, 2.75) is 43.3 Å². The van der Waals surface area contributed by atoms with Gasteiger partial charge in [-0.2, -0.15) is 0 Å². The molecule has 28 heavy (non-hydrogen) atoms. The molecule has 150 valence electrons. The second-order valence-corrected chi connectivity index (χ2v) is 9.39. The van der Waals surface area contributed by atoms with Gasteiger partial charge in [0.05, 0.1) is 16.8 Å². The molecule has 3 rings (SSSR count). The first-order valence-electron chi connectivity index (χ1n) is 9.59. The lowest BCUT2D eigenvalue weighted by Crippen LogP contribution is -2.33. The first-order valence-corrected chi connectivity index (χ1v) is 11.1. The maximum Gasteiger partial charge on any atom is 0.315 e. The zero-order chi connectivity index (χ0) is 20.5. The number of hydrogen-bond donors (Lipinski definition) is 1. The molecule has 0 aliphatic heterocycles. The summed E-state index contributed by atoms with van der Waals surface area (Å²) in [6.45, 7) is 5.76. The predicted octanol–water partition coefficient (Wildman–Crippen LogP) is 3.01. The van der Waals surface area contributed by atoms with Crippen LogP contribution in [-0.2, 0) is 25.8 Å². The molecular weight excluding hydrogens is 374 g/mol. The van der Waals surface area contributed by atoms with Crippen LogP contribution in [0.4, 0.5) is 0 Å². The number of aryl methyl sites for hydroxylation is 2. The molecule has 1 saturated carbocycles. The van der Waals surface area contributed by atoms with E-state index in [9.17, 15) is 13.2 Å². The molecule has 0 saturated heterocycles. The van der Waals surface area contributed by atoms with E-state index in [1.807, 2.05) is 31.2 Å². The van der Waals surface area contributed by atoms with E-state index < -0.39 is 32.4 Å². The van der Waals surface area contributed by atoms with Crippen LogP contribution in [0.3, 0.4) is 0 Å². The van der Waals surface area contributed by atoms with Crippen molar-refractivity contribution in [1.29, 1.82) is 0 Å². The van der Waals surface area contributed by atoms with Gasteiger partial charge in [-0.25, -0.2) is 8.42 Å². The van der Waals surface area contributed by atoms with E-state index in [1.165, 1.54) is 0 Å². The lowest BCUT2D eigenvalue weighted by molar-refractivity contribution is -0.149. The van der Waals surface area contributed by atoms with E-state index in [-0.39, 0.29) is 18.0 Å². The van der Waals surface area contributed by atoms with Gasteiger partial charge in [-0.15, -0.1) is 0 Å². The molecule has 2 aromatic carbocycles. The zero-order valence-corrected chi connectivity index (χ0v) is 17.3. The van der Waals surface area contributed by atoms with E-state index in [1.54, 1.807) is 31.2 Å². The molecule has 2 N–H and O–H groups in total. The summed E-state index contributed by atoms with van der Waals surface area (Å²) in [7, 11) is -3.76. The first kappa shape index (κ1) is 20.6. The van der Waals surface area contributed by atoms with E-state index in [4.69, 9.17) is 10.5 Å². The third kappa shape index (κ3) is 3.25. The number of nitrogens with two attached hydrogens (primary N) is 1. The van der Waals surface area contributed by atoms with Crippen LogP contribution in [0.5, 0.6) is 0 Å². The van der Waals surface area contributed by atoms with Gasteiger partial charge in [-0.3, -0.25) is 4.79 Å². The Morgan fingerprint density at radius 1 is 1.07 bits per heavy atom. The first-order chi connectivity index (χ1) is 13.3. The number of ether oxygens (including phenoxy) is 1. The van der Waals surface area contributed by atoms with Crippen LogP contribution >= 0.6 is 0 Å². The van der Waals surface area contributed by atoms with Gasteiger partial charge in [-0.1, -0.05) is 48.9 Å². The molecule has 1 fully saturated rings. The van der Waals surface area contributed by atoms with Gasteiger partial charge in [0.1, 0.15) is 5.41 Å². The summed E-state index contributed by atoms with van der Waals surface area (Å²) in [6.07, 6.45) is 0.885. The molecule has 0 spiro atoms. The second kappa shape index (κ2) is 7.68. The van der Waals surface area contributed by atoms with Crippen molar-refractivity contribution in [2.24, 2.45) is 11.1 Å². The summed E-state index contributed by atoms with van der Waals surface area (Å²) >= 11 is 0. The van der Waals surface area contributed by atoms with Crippen LogP contribution < -0.4 is 5.73 Å². The maximum absolute atomic E-state index is 13.4. The summed E-state index contributed by atoms with van der Waals surface area (Å²) in [5, 5.41) is -0.931. The molecule has 0 unspecified atom stereocenters. The molecule has 0 radical (unpaired) electrons. The minimum Gasteiger partial charge on any atom is -0.465 e. The monoisotopic (exact) mass is 401 g/mol. The highest BCUT2D eigenvalue weighted by Gasteiger charge is 2.75. The SMILES string of the molecule is CCOC(=O)[C@]1(CN)[C@H](c2ccc(CC)cc2)[C@@H]1S(=O)(=O)c1ccc(C)cc1. The minimum atomic E-state index is -3.76. The second-order valence-electron chi connectivity index (χ2n) is 7.32. The van der Waals surface area contributed by atoms with E-state index in [2.05, 4.69) is 6.92 Å². The summed E-state index contributed by atoms with van der Waals surface area (Å²) in [5.74, 6) is -1.06. The van der Waals surface area contributed by atoms with Crippen LogP contribution in [0.15, 0.2) is 53.4 Å². The molecule has 0 heterocycles. The summed E-state index contributed by atoms with van der Waals surface area (Å²) in [4.78, 5) is 13.0.